The third-order valence-electron chi connectivity index (χ3n) is 7.53. The van der Waals surface area contributed by atoms with Crippen LogP contribution in [0, 0.1) is 22.9 Å². The van der Waals surface area contributed by atoms with Gasteiger partial charge in [-0.15, -0.1) is 0 Å². The highest BCUT2D eigenvalue weighted by molar-refractivity contribution is 6.32. The Balaban J connectivity index is 1.37. The van der Waals surface area contributed by atoms with Crippen LogP contribution in [-0.4, -0.2) is 47.7 Å². The van der Waals surface area contributed by atoms with Crippen molar-refractivity contribution in [1.29, 1.82) is 0 Å². The first-order valence-corrected chi connectivity index (χ1v) is 12.9. The van der Waals surface area contributed by atoms with Crippen molar-refractivity contribution >= 4 is 28.5 Å². The molecule has 1 unspecified atom stereocenters. The third-order valence-corrected chi connectivity index (χ3v) is 7.83. The minimum Gasteiger partial charge on any atom is -0.497 e. The van der Waals surface area contributed by atoms with Crippen LogP contribution in [0.1, 0.15) is 49.4 Å². The SMILES string of the molecule is COc1ccc2ncc(Cl)c(C(F)CCC3(C(=O)O)CCN(CCCc4c(F)cc(F)cc4F)CC3)c2c1. The molecule has 2 aromatic carbocycles. The Morgan fingerprint density at radius 2 is 1.87 bits per heavy atom. The van der Waals surface area contributed by atoms with Gasteiger partial charge in [-0.3, -0.25) is 9.78 Å². The summed E-state index contributed by atoms with van der Waals surface area (Å²) in [6.07, 6.45) is 1.21. The van der Waals surface area contributed by atoms with Gasteiger partial charge in [-0.1, -0.05) is 11.6 Å². The van der Waals surface area contributed by atoms with E-state index in [0.717, 1.165) is 0 Å². The number of carbonyl (C=O) groups is 1. The summed E-state index contributed by atoms with van der Waals surface area (Å²) >= 11 is 6.32. The number of likely N-dealkylation sites (tertiary alicyclic amines) is 1. The molecular formula is C28H29ClF4N2O3. The van der Waals surface area contributed by atoms with E-state index in [1.54, 1.807) is 18.2 Å². The molecule has 0 aliphatic carbocycles. The van der Waals surface area contributed by atoms with Crippen molar-refractivity contribution in [1.82, 2.24) is 9.88 Å². The second-order valence-corrected chi connectivity index (χ2v) is 10.2. The summed E-state index contributed by atoms with van der Waals surface area (Å²) in [6, 6.07) is 6.44. The predicted octanol–water partition coefficient (Wildman–Crippen LogP) is 6.90. The number of pyridine rings is 1. The molecule has 1 aliphatic rings. The topological polar surface area (TPSA) is 62.7 Å². The maximum Gasteiger partial charge on any atom is 0.309 e. The molecule has 1 N–H and O–H groups in total. The van der Waals surface area contributed by atoms with Crippen LogP contribution < -0.4 is 4.74 Å². The number of aromatic nitrogens is 1. The van der Waals surface area contributed by atoms with E-state index in [9.17, 15) is 23.1 Å². The minimum atomic E-state index is -1.49. The van der Waals surface area contributed by atoms with Crippen molar-refractivity contribution in [2.24, 2.45) is 5.41 Å². The van der Waals surface area contributed by atoms with Gasteiger partial charge in [0.1, 0.15) is 29.4 Å². The molecule has 0 saturated carbocycles. The minimum absolute atomic E-state index is 0.0224. The van der Waals surface area contributed by atoms with Crippen molar-refractivity contribution in [3.05, 3.63) is 70.1 Å². The van der Waals surface area contributed by atoms with Gasteiger partial charge in [-0.05, 0) is 76.4 Å². The van der Waals surface area contributed by atoms with E-state index in [4.69, 9.17) is 16.3 Å². The number of piperidine rings is 1. The number of methoxy groups -OCH3 is 1. The van der Waals surface area contributed by atoms with Gasteiger partial charge in [0.15, 0.2) is 0 Å². The average molecular weight is 553 g/mol. The van der Waals surface area contributed by atoms with E-state index in [1.165, 1.54) is 13.3 Å². The third kappa shape index (κ3) is 6.04. The van der Waals surface area contributed by atoms with Crippen LogP contribution in [0.3, 0.4) is 0 Å². The Kier molecular flexibility index (Phi) is 8.78. The molecule has 204 valence electrons. The van der Waals surface area contributed by atoms with Crippen LogP contribution in [0.25, 0.3) is 10.9 Å². The highest BCUT2D eigenvalue weighted by Crippen LogP contribution is 2.42. The molecule has 1 aromatic heterocycles. The van der Waals surface area contributed by atoms with Crippen LogP contribution in [0.15, 0.2) is 36.5 Å². The summed E-state index contributed by atoms with van der Waals surface area (Å²) in [7, 11) is 1.51. The number of alkyl halides is 1. The highest BCUT2D eigenvalue weighted by atomic mass is 35.5. The highest BCUT2D eigenvalue weighted by Gasteiger charge is 2.41. The molecule has 2 heterocycles. The lowest BCUT2D eigenvalue weighted by Gasteiger charge is -2.39. The predicted molar refractivity (Wildman–Crippen MR) is 137 cm³/mol. The van der Waals surface area contributed by atoms with Crippen molar-refractivity contribution in [3.63, 3.8) is 0 Å². The van der Waals surface area contributed by atoms with Gasteiger partial charge in [0.25, 0.3) is 0 Å². The van der Waals surface area contributed by atoms with Crippen LogP contribution in [0.2, 0.25) is 5.02 Å². The van der Waals surface area contributed by atoms with Crippen molar-refractivity contribution in [3.8, 4) is 5.75 Å². The fraction of sp³-hybridized carbons (Fsp3) is 0.429. The molecular weight excluding hydrogens is 524 g/mol. The van der Waals surface area contributed by atoms with Gasteiger partial charge in [0.05, 0.1) is 23.1 Å². The van der Waals surface area contributed by atoms with Crippen LogP contribution >= 0.6 is 11.6 Å². The molecule has 0 spiro atoms. The zero-order valence-electron chi connectivity index (χ0n) is 21.0. The molecule has 5 nitrogen and oxygen atoms in total. The Bertz CT molecular complexity index is 1290. The molecule has 38 heavy (non-hydrogen) atoms. The number of fused-ring (bicyclic) bond motifs is 1. The van der Waals surface area contributed by atoms with Gasteiger partial charge < -0.3 is 14.7 Å². The number of ether oxygens (including phenoxy) is 1. The molecule has 3 aromatic rings. The Morgan fingerprint density at radius 3 is 2.50 bits per heavy atom. The summed E-state index contributed by atoms with van der Waals surface area (Å²) in [6.45, 7) is 1.44. The van der Waals surface area contributed by atoms with Crippen molar-refractivity contribution in [2.75, 3.05) is 26.7 Å². The zero-order valence-corrected chi connectivity index (χ0v) is 21.7. The molecule has 1 saturated heterocycles. The number of carboxylic acids is 1. The van der Waals surface area contributed by atoms with E-state index in [2.05, 4.69) is 4.98 Å². The maximum absolute atomic E-state index is 15.6. The largest absolute Gasteiger partial charge is 0.497 e. The monoisotopic (exact) mass is 552 g/mol. The number of halogens is 5. The normalized spacial score (nSPS) is 16.5. The van der Waals surface area contributed by atoms with E-state index in [-0.39, 0.29) is 35.4 Å². The van der Waals surface area contributed by atoms with Crippen molar-refractivity contribution < 1.29 is 32.2 Å². The summed E-state index contributed by atoms with van der Waals surface area (Å²) in [5, 5.41) is 10.8. The molecule has 0 radical (unpaired) electrons. The molecule has 1 atom stereocenters. The average Bonchev–Trinajstić information content (AvgIpc) is 2.89. The Morgan fingerprint density at radius 1 is 1.18 bits per heavy atom. The van der Waals surface area contributed by atoms with Gasteiger partial charge in [-0.25, -0.2) is 17.6 Å². The maximum atomic E-state index is 15.6. The molecule has 10 heteroatoms. The summed E-state index contributed by atoms with van der Waals surface area (Å²) in [5.41, 5.74) is -0.399. The number of rotatable bonds is 10. The number of aliphatic carboxylic acids is 1. The van der Waals surface area contributed by atoms with Crippen molar-refractivity contribution in [2.45, 2.75) is 44.7 Å². The number of hydrogen-bond donors (Lipinski definition) is 1. The smallest absolute Gasteiger partial charge is 0.309 e. The van der Waals surface area contributed by atoms with Crippen LogP contribution in [-0.2, 0) is 11.2 Å². The number of carboxylic acid groups (broad SMARTS) is 1. The second-order valence-electron chi connectivity index (χ2n) is 9.79. The first kappa shape index (κ1) is 28.1. The van der Waals surface area contributed by atoms with Crippen LogP contribution in [0.4, 0.5) is 17.6 Å². The Labute approximate surface area is 223 Å². The lowest BCUT2D eigenvalue weighted by atomic mass is 9.74. The summed E-state index contributed by atoms with van der Waals surface area (Å²) < 4.78 is 61.7. The zero-order chi connectivity index (χ0) is 27.4. The molecule has 0 bridgehead atoms. The standard InChI is InChI=1S/C28H29ClF4N2O3/c1-38-18-4-5-25-20(15-18)26(21(29)16-34-25)22(31)6-7-28(27(36)37)8-11-35(12-9-28)10-2-3-19-23(32)13-17(30)14-24(19)33/h4-5,13-16,22H,2-3,6-12H2,1H3,(H,36,37). The molecule has 4 rings (SSSR count). The first-order valence-electron chi connectivity index (χ1n) is 12.5. The van der Waals surface area contributed by atoms with E-state index < -0.39 is 35.0 Å². The van der Waals surface area contributed by atoms with E-state index in [0.29, 0.717) is 67.7 Å². The van der Waals surface area contributed by atoms with E-state index in [1.807, 2.05) is 4.90 Å². The molecule has 1 fully saturated rings. The second kappa shape index (κ2) is 11.9. The lowest BCUT2D eigenvalue weighted by molar-refractivity contribution is -0.153. The molecule has 1 aliphatic heterocycles. The van der Waals surface area contributed by atoms with Gasteiger partial charge >= 0.3 is 5.97 Å². The Hall–Kier alpha value is -2.91. The van der Waals surface area contributed by atoms with Gasteiger partial charge in [-0.2, -0.15) is 0 Å². The number of hydrogen-bond acceptors (Lipinski definition) is 4. The fourth-order valence-electron chi connectivity index (χ4n) is 5.23. The first-order chi connectivity index (χ1) is 18.1. The van der Waals surface area contributed by atoms with E-state index >= 15 is 4.39 Å². The quantitative estimate of drug-likeness (QED) is 0.277. The lowest BCUT2D eigenvalue weighted by Crippen LogP contribution is -2.44. The summed E-state index contributed by atoms with van der Waals surface area (Å²) in [4.78, 5) is 18.6. The number of nitrogens with zero attached hydrogens (tertiary/aromatic N) is 2. The van der Waals surface area contributed by atoms with Crippen LogP contribution in [0.5, 0.6) is 5.75 Å². The summed E-state index contributed by atoms with van der Waals surface area (Å²) in [5.74, 6) is -3.21. The molecule has 0 amide bonds. The van der Waals surface area contributed by atoms with Gasteiger partial charge in [0.2, 0.25) is 0 Å². The fourth-order valence-corrected chi connectivity index (χ4v) is 5.50. The van der Waals surface area contributed by atoms with Gasteiger partial charge in [0, 0.05) is 34.8 Å². The number of benzene rings is 2.